The van der Waals surface area contributed by atoms with Crippen molar-refractivity contribution in [3.63, 3.8) is 0 Å². The summed E-state index contributed by atoms with van der Waals surface area (Å²) >= 11 is 0. The fourth-order valence-electron chi connectivity index (χ4n) is 1.94. The molecule has 2 atom stereocenters. The van der Waals surface area contributed by atoms with Crippen LogP contribution in [0.5, 0.6) is 0 Å². The SMILES string of the molecule is CCC1NC(C)C(=O)N1CC(C)(C)N(C)C. The van der Waals surface area contributed by atoms with Gasteiger partial charge in [0.2, 0.25) is 5.91 Å². The molecule has 0 aromatic heterocycles. The Bertz CT molecular complexity index is 263. The second-order valence-corrected chi connectivity index (χ2v) is 5.49. The molecule has 4 nitrogen and oxygen atoms in total. The predicted molar refractivity (Wildman–Crippen MR) is 66.2 cm³/mol. The van der Waals surface area contributed by atoms with Crippen LogP contribution in [0.15, 0.2) is 0 Å². The van der Waals surface area contributed by atoms with Crippen LogP contribution in [0.1, 0.15) is 34.1 Å². The Kier molecular flexibility index (Phi) is 3.97. The molecular weight excluding hydrogens is 202 g/mol. The van der Waals surface area contributed by atoms with E-state index >= 15 is 0 Å². The normalized spacial score (nSPS) is 26.9. The minimum Gasteiger partial charge on any atom is -0.324 e. The van der Waals surface area contributed by atoms with Crippen LogP contribution >= 0.6 is 0 Å². The zero-order valence-electron chi connectivity index (χ0n) is 11.4. The highest BCUT2D eigenvalue weighted by Crippen LogP contribution is 2.19. The molecule has 1 fully saturated rings. The summed E-state index contributed by atoms with van der Waals surface area (Å²) in [5, 5.41) is 3.32. The third-order valence-electron chi connectivity index (χ3n) is 3.63. The number of carbonyl (C=O) groups excluding carboxylic acids is 1. The molecule has 0 radical (unpaired) electrons. The quantitative estimate of drug-likeness (QED) is 0.774. The monoisotopic (exact) mass is 227 g/mol. The van der Waals surface area contributed by atoms with Crippen molar-refractivity contribution in [1.82, 2.24) is 15.1 Å². The summed E-state index contributed by atoms with van der Waals surface area (Å²) < 4.78 is 0. The Balaban J connectivity index is 2.75. The summed E-state index contributed by atoms with van der Waals surface area (Å²) in [6, 6.07) is -0.0390. The van der Waals surface area contributed by atoms with Gasteiger partial charge in [-0.25, -0.2) is 0 Å². The maximum absolute atomic E-state index is 12.0. The summed E-state index contributed by atoms with van der Waals surface area (Å²) in [4.78, 5) is 16.2. The Hall–Kier alpha value is -0.610. The molecule has 1 N–H and O–H groups in total. The molecule has 0 aromatic carbocycles. The van der Waals surface area contributed by atoms with Crippen LogP contribution in [-0.2, 0) is 4.79 Å². The summed E-state index contributed by atoms with van der Waals surface area (Å²) in [5.41, 5.74) is 0.00875. The highest BCUT2D eigenvalue weighted by atomic mass is 16.2. The fourth-order valence-corrected chi connectivity index (χ4v) is 1.94. The molecule has 4 heteroatoms. The Morgan fingerprint density at radius 2 is 2.00 bits per heavy atom. The minimum absolute atomic E-state index is 0.00875. The van der Waals surface area contributed by atoms with Gasteiger partial charge in [-0.3, -0.25) is 10.1 Å². The van der Waals surface area contributed by atoms with E-state index in [0.29, 0.717) is 0 Å². The number of hydrogen-bond donors (Lipinski definition) is 1. The third-order valence-corrected chi connectivity index (χ3v) is 3.63. The van der Waals surface area contributed by atoms with Crippen molar-refractivity contribution in [1.29, 1.82) is 0 Å². The van der Waals surface area contributed by atoms with Crippen molar-refractivity contribution < 1.29 is 4.79 Å². The van der Waals surface area contributed by atoms with Crippen molar-refractivity contribution in [3.05, 3.63) is 0 Å². The van der Waals surface area contributed by atoms with Crippen LogP contribution in [0.3, 0.4) is 0 Å². The molecule has 1 aliphatic rings. The second-order valence-electron chi connectivity index (χ2n) is 5.49. The van der Waals surface area contributed by atoms with Gasteiger partial charge in [0.05, 0.1) is 12.2 Å². The molecule has 0 bridgehead atoms. The average molecular weight is 227 g/mol. The smallest absolute Gasteiger partial charge is 0.240 e. The lowest BCUT2D eigenvalue weighted by atomic mass is 10.0. The Morgan fingerprint density at radius 1 is 1.44 bits per heavy atom. The molecule has 0 spiro atoms. The van der Waals surface area contributed by atoms with Crippen molar-refractivity contribution >= 4 is 5.91 Å². The number of carbonyl (C=O) groups is 1. The fraction of sp³-hybridized carbons (Fsp3) is 0.917. The van der Waals surface area contributed by atoms with Gasteiger partial charge in [0.25, 0.3) is 0 Å². The third kappa shape index (κ3) is 2.55. The first-order chi connectivity index (χ1) is 7.29. The van der Waals surface area contributed by atoms with Crippen LogP contribution in [0, 0.1) is 0 Å². The van der Waals surface area contributed by atoms with Crippen molar-refractivity contribution in [2.75, 3.05) is 20.6 Å². The van der Waals surface area contributed by atoms with E-state index in [-0.39, 0.29) is 23.7 Å². The minimum atomic E-state index is -0.0390. The molecule has 1 heterocycles. The average Bonchev–Trinajstić information content (AvgIpc) is 2.45. The summed E-state index contributed by atoms with van der Waals surface area (Å²) in [6.45, 7) is 9.15. The van der Waals surface area contributed by atoms with Gasteiger partial charge in [-0.2, -0.15) is 0 Å². The standard InChI is InChI=1S/C12H25N3O/c1-7-10-13-9(2)11(16)15(10)8-12(3,4)14(5)6/h9-10,13H,7-8H2,1-6H3. The topological polar surface area (TPSA) is 35.6 Å². The van der Waals surface area contributed by atoms with Gasteiger partial charge in [-0.15, -0.1) is 0 Å². The van der Waals surface area contributed by atoms with Gasteiger partial charge in [0.15, 0.2) is 0 Å². The molecule has 16 heavy (non-hydrogen) atoms. The first kappa shape index (κ1) is 13.5. The first-order valence-corrected chi connectivity index (χ1v) is 6.03. The highest BCUT2D eigenvalue weighted by Gasteiger charge is 2.38. The van der Waals surface area contributed by atoms with E-state index in [4.69, 9.17) is 0 Å². The van der Waals surface area contributed by atoms with Crippen molar-refractivity contribution in [2.24, 2.45) is 0 Å². The second kappa shape index (κ2) is 4.72. The van der Waals surface area contributed by atoms with Gasteiger partial charge in [-0.05, 0) is 41.3 Å². The Morgan fingerprint density at radius 3 is 2.44 bits per heavy atom. The number of nitrogens with zero attached hydrogens (tertiary/aromatic N) is 2. The summed E-state index contributed by atoms with van der Waals surface area (Å²) in [6.07, 6.45) is 1.15. The van der Waals surface area contributed by atoms with Gasteiger partial charge in [0, 0.05) is 12.1 Å². The van der Waals surface area contributed by atoms with Gasteiger partial charge >= 0.3 is 0 Å². The lowest BCUT2D eigenvalue weighted by molar-refractivity contribution is -0.131. The number of nitrogens with one attached hydrogen (secondary N) is 1. The maximum Gasteiger partial charge on any atom is 0.240 e. The summed E-state index contributed by atoms with van der Waals surface area (Å²) in [5.74, 6) is 0.224. The number of amides is 1. The molecule has 94 valence electrons. The molecule has 0 saturated carbocycles. The lowest BCUT2D eigenvalue weighted by Gasteiger charge is -2.38. The number of hydrogen-bond acceptors (Lipinski definition) is 3. The van der Waals surface area contributed by atoms with Crippen LogP contribution in [0.25, 0.3) is 0 Å². The van der Waals surface area contributed by atoms with Crippen LogP contribution < -0.4 is 5.32 Å². The number of rotatable bonds is 4. The molecule has 1 amide bonds. The van der Waals surface area contributed by atoms with E-state index in [1.165, 1.54) is 0 Å². The van der Waals surface area contributed by atoms with E-state index in [2.05, 4.69) is 45.1 Å². The molecule has 0 aliphatic carbocycles. The van der Waals surface area contributed by atoms with E-state index in [9.17, 15) is 4.79 Å². The van der Waals surface area contributed by atoms with Crippen LogP contribution in [-0.4, -0.2) is 54.1 Å². The maximum atomic E-state index is 12.0. The molecular formula is C12H25N3O. The van der Waals surface area contributed by atoms with Gasteiger partial charge in [0.1, 0.15) is 0 Å². The van der Waals surface area contributed by atoms with Crippen LogP contribution in [0.4, 0.5) is 0 Å². The van der Waals surface area contributed by atoms with Gasteiger partial charge in [-0.1, -0.05) is 6.92 Å². The highest BCUT2D eigenvalue weighted by molar-refractivity contribution is 5.84. The predicted octanol–water partition coefficient (Wildman–Crippen LogP) is 0.883. The largest absolute Gasteiger partial charge is 0.324 e. The van der Waals surface area contributed by atoms with Crippen molar-refractivity contribution in [2.45, 2.75) is 51.9 Å². The molecule has 1 saturated heterocycles. The zero-order chi connectivity index (χ0) is 12.5. The van der Waals surface area contributed by atoms with E-state index < -0.39 is 0 Å². The molecule has 0 aromatic rings. The van der Waals surface area contributed by atoms with Crippen LogP contribution in [0.2, 0.25) is 0 Å². The summed E-state index contributed by atoms with van der Waals surface area (Å²) in [7, 11) is 4.11. The Labute approximate surface area is 99.0 Å². The van der Waals surface area contributed by atoms with E-state index in [1.54, 1.807) is 0 Å². The molecule has 2 unspecified atom stereocenters. The van der Waals surface area contributed by atoms with Gasteiger partial charge < -0.3 is 9.80 Å². The molecule has 1 aliphatic heterocycles. The lowest BCUT2D eigenvalue weighted by Crippen LogP contribution is -2.51. The first-order valence-electron chi connectivity index (χ1n) is 6.03. The molecule has 1 rings (SSSR count). The van der Waals surface area contributed by atoms with E-state index in [0.717, 1.165) is 13.0 Å². The van der Waals surface area contributed by atoms with E-state index in [1.807, 2.05) is 11.8 Å². The number of likely N-dealkylation sites (N-methyl/N-ethyl adjacent to an activating group) is 1. The van der Waals surface area contributed by atoms with Crippen molar-refractivity contribution in [3.8, 4) is 0 Å². The zero-order valence-corrected chi connectivity index (χ0v) is 11.4.